The molecule has 0 radical (unpaired) electrons. The van der Waals surface area contributed by atoms with Crippen molar-refractivity contribution in [2.45, 2.75) is 226 Å². The molecule has 102 heavy (non-hydrogen) atoms. The van der Waals surface area contributed by atoms with Crippen LogP contribution in [0.15, 0.2) is 54.6 Å². The number of hydrogen-bond acceptors (Lipinski definition) is 17. The standard InChI is InChI=1S/C74H121ClN12O15/c1-44(2)35-53-69(96)84(15)59(38-47(7)8)68(95)80-64(49(11)89)73(100)81(12)42-62(91)82(13)57(36-45(3)4)66(93)78-55(43-102-34-33-88)70(97)86(17)60(40-51-27-24-28-52(75)39-51)72(99)85(16)58(37-46(5)6)67(94)77-54(71(98)87-31-22-19-23-32-87)41-61(90)79-63(48(9)10)74(101)83(14)56(65(92)76-53)30-29-50-25-20-18-21-26-50/h18,20-21,24-28,39,44-49,53-60,63-64,67-68,77,80,88-89,94-95H,19,22-23,29-38,40-43H2,1-17H3,(H,76,92)(H,78,93)(H,79,90)/t49-,53+,54+,55+,56+,57+,58+,59+,60+,63-,64+,67?,68?/m1/s1. The first-order valence-electron chi connectivity index (χ1n) is 36.2. The van der Waals surface area contributed by atoms with Crippen LogP contribution in [-0.4, -0.2) is 275 Å². The molecule has 10 amide bonds. The van der Waals surface area contributed by atoms with Crippen molar-refractivity contribution in [2.75, 3.05) is 81.7 Å². The summed E-state index contributed by atoms with van der Waals surface area (Å²) >= 11 is 6.52. The molecule has 2 saturated heterocycles. The molecule has 0 spiro atoms. The van der Waals surface area contributed by atoms with Gasteiger partial charge in [0.15, 0.2) is 0 Å². The maximum Gasteiger partial charge on any atom is 0.247 e. The monoisotopic (exact) mass is 1450 g/mol. The predicted molar refractivity (Wildman–Crippen MR) is 389 cm³/mol. The Kier molecular flexibility index (Phi) is 36.2. The van der Waals surface area contributed by atoms with Crippen LogP contribution in [0.2, 0.25) is 5.02 Å². The van der Waals surface area contributed by atoms with Gasteiger partial charge in [-0.15, -0.1) is 0 Å². The zero-order valence-corrected chi connectivity index (χ0v) is 64.2. The molecule has 27 nitrogen and oxygen atoms in total. The Morgan fingerprint density at radius 3 is 1.65 bits per heavy atom. The Bertz CT molecular complexity index is 3050. The van der Waals surface area contributed by atoms with Gasteiger partial charge in [-0.1, -0.05) is 123 Å². The van der Waals surface area contributed by atoms with Gasteiger partial charge in [0, 0.05) is 66.8 Å². The van der Waals surface area contributed by atoms with Gasteiger partial charge in [-0.05, 0) is 118 Å². The van der Waals surface area contributed by atoms with E-state index in [9.17, 15) is 44.4 Å². The number of nitrogens with zero attached hydrogens (tertiary/aromatic N) is 7. The average Bonchev–Trinajstić information content (AvgIpc) is 0.818. The highest BCUT2D eigenvalue weighted by atomic mass is 35.5. The molecule has 2 aliphatic heterocycles. The third-order valence-corrected chi connectivity index (χ3v) is 19.3. The van der Waals surface area contributed by atoms with Gasteiger partial charge in [-0.3, -0.25) is 58.6 Å². The second-order valence-corrected chi connectivity index (χ2v) is 30.3. The van der Waals surface area contributed by atoms with E-state index in [1.807, 2.05) is 85.7 Å². The molecule has 2 fully saturated rings. The number of aliphatic hydroxyl groups is 4. The van der Waals surface area contributed by atoms with Crippen LogP contribution in [0.25, 0.3) is 0 Å². The molecule has 13 atom stereocenters. The van der Waals surface area contributed by atoms with Gasteiger partial charge in [-0.25, -0.2) is 0 Å². The topological polar surface area (TPSA) is 344 Å². The molecule has 2 heterocycles. The summed E-state index contributed by atoms with van der Waals surface area (Å²) in [6.07, 6.45) is -2.68. The van der Waals surface area contributed by atoms with E-state index in [2.05, 4.69) is 26.6 Å². The minimum atomic E-state index is -1.72. The summed E-state index contributed by atoms with van der Waals surface area (Å²) in [7, 11) is 8.37. The summed E-state index contributed by atoms with van der Waals surface area (Å²) in [5.74, 6) is -8.58. The lowest BCUT2D eigenvalue weighted by atomic mass is 9.96. The van der Waals surface area contributed by atoms with Crippen molar-refractivity contribution >= 4 is 70.7 Å². The number of piperidine rings is 1. The molecule has 2 unspecified atom stereocenters. The van der Waals surface area contributed by atoms with Gasteiger partial charge in [-0.2, -0.15) is 0 Å². The first kappa shape index (κ1) is 87.6. The molecule has 2 aliphatic rings. The number of benzene rings is 2. The zero-order chi connectivity index (χ0) is 76.6. The molecule has 0 saturated carbocycles. The number of aliphatic hydroxyl groups excluding tert-OH is 4. The van der Waals surface area contributed by atoms with E-state index < -0.39 is 170 Å². The average molecular weight is 1450 g/mol. The van der Waals surface area contributed by atoms with Crippen LogP contribution in [-0.2, 0) is 65.5 Å². The van der Waals surface area contributed by atoms with Crippen LogP contribution >= 0.6 is 11.6 Å². The number of amides is 10. The molecule has 0 bridgehead atoms. The number of likely N-dealkylation sites (N-methyl/N-ethyl adjacent to an activating group) is 6. The number of rotatable bonds is 20. The smallest absolute Gasteiger partial charge is 0.247 e. The first-order chi connectivity index (χ1) is 47.9. The third-order valence-electron chi connectivity index (χ3n) is 19.1. The molecule has 4 rings (SSSR count). The van der Waals surface area contributed by atoms with Crippen molar-refractivity contribution in [3.8, 4) is 0 Å². The molecule has 574 valence electrons. The maximum atomic E-state index is 15.6. The summed E-state index contributed by atoms with van der Waals surface area (Å²) in [6.45, 7) is 18.4. The predicted octanol–water partition coefficient (Wildman–Crippen LogP) is 2.76. The fourth-order valence-electron chi connectivity index (χ4n) is 13.1. The molecule has 9 N–H and O–H groups in total. The lowest BCUT2D eigenvalue weighted by Gasteiger charge is -2.40. The van der Waals surface area contributed by atoms with Crippen molar-refractivity contribution in [3.05, 3.63) is 70.7 Å². The highest BCUT2D eigenvalue weighted by molar-refractivity contribution is 6.30. The number of carbonyl (C=O) groups excluding carboxylic acids is 10. The second-order valence-electron chi connectivity index (χ2n) is 29.8. The van der Waals surface area contributed by atoms with Crippen LogP contribution in [0.5, 0.6) is 0 Å². The molecule has 2 aromatic rings. The van der Waals surface area contributed by atoms with Crippen LogP contribution in [0.3, 0.4) is 0 Å². The van der Waals surface area contributed by atoms with Gasteiger partial charge in [0.1, 0.15) is 54.7 Å². The quantitative estimate of drug-likeness (QED) is 0.0861. The molecule has 28 heteroatoms. The van der Waals surface area contributed by atoms with E-state index in [1.54, 1.807) is 43.0 Å². The maximum absolute atomic E-state index is 15.6. The summed E-state index contributed by atoms with van der Waals surface area (Å²) in [6, 6.07) is 2.65. The normalized spacial score (nSPS) is 26.3. The fourth-order valence-corrected chi connectivity index (χ4v) is 13.4. The molecular formula is C74H121ClN12O15. The fraction of sp³-hybridized carbons (Fsp3) is 0.703. The minimum absolute atomic E-state index is 0.0443. The summed E-state index contributed by atoms with van der Waals surface area (Å²) in [5, 5.41) is 60.7. The molecule has 0 aliphatic carbocycles. The lowest BCUT2D eigenvalue weighted by molar-refractivity contribution is -0.151. The van der Waals surface area contributed by atoms with Crippen molar-refractivity contribution in [3.63, 3.8) is 0 Å². The summed E-state index contributed by atoms with van der Waals surface area (Å²) < 4.78 is 5.72. The Morgan fingerprint density at radius 2 is 1.10 bits per heavy atom. The zero-order valence-electron chi connectivity index (χ0n) is 63.4. The van der Waals surface area contributed by atoms with Crippen LogP contribution < -0.4 is 26.6 Å². The number of ether oxygens (including phenoxy) is 1. The first-order valence-corrected chi connectivity index (χ1v) is 36.6. The van der Waals surface area contributed by atoms with E-state index >= 15 is 24.0 Å². The van der Waals surface area contributed by atoms with Crippen molar-refractivity contribution in [1.29, 1.82) is 0 Å². The van der Waals surface area contributed by atoms with E-state index in [1.165, 1.54) is 63.9 Å². The SMILES string of the molecule is CC(C)C[C@@H]1NC(=O)[C@H](CCc2ccccc2)N(C)C(=O)[C@@H](C(C)C)NC(=O)C[C@@H](C(=O)N2CCCCC2)NC(O)[C@H](CC(C)C)N(C)C(=O)[C@H](Cc2cccc(Cl)c2)N(C)C(=O)[C@H](COCCO)NC(=O)[C@H](CC(C)C)N(C)C(=O)CN(C)C(=O)[C@H]([C@@H](C)O)NC(O)[C@H](CC(C)C)N(C)C1=O. The van der Waals surface area contributed by atoms with Gasteiger partial charge in [0.05, 0.1) is 57.0 Å². The summed E-state index contributed by atoms with van der Waals surface area (Å²) in [5.41, 5.74) is 1.37. The van der Waals surface area contributed by atoms with Crippen LogP contribution in [0.1, 0.15) is 145 Å². The molecular weight excluding hydrogens is 1330 g/mol. The summed E-state index contributed by atoms with van der Waals surface area (Å²) in [4.78, 5) is 159. The third kappa shape index (κ3) is 26.4. The van der Waals surface area contributed by atoms with E-state index in [0.717, 1.165) is 26.7 Å². The van der Waals surface area contributed by atoms with Crippen LogP contribution in [0, 0.1) is 29.6 Å². The number of halogens is 1. The Balaban J connectivity index is 1.99. The number of carbonyl (C=O) groups is 10. The van der Waals surface area contributed by atoms with Crippen molar-refractivity contribution < 1.29 is 73.1 Å². The largest absolute Gasteiger partial charge is 0.394 e. The Hall–Kier alpha value is -6.85. The Morgan fingerprint density at radius 1 is 0.569 bits per heavy atom. The number of hydrogen-bond donors (Lipinski definition) is 9. The number of nitrogens with one attached hydrogen (secondary N) is 5. The van der Waals surface area contributed by atoms with Crippen molar-refractivity contribution in [1.82, 2.24) is 60.9 Å². The van der Waals surface area contributed by atoms with E-state index in [0.29, 0.717) is 42.9 Å². The minimum Gasteiger partial charge on any atom is -0.394 e. The van der Waals surface area contributed by atoms with Gasteiger partial charge >= 0.3 is 0 Å². The van der Waals surface area contributed by atoms with Crippen molar-refractivity contribution in [2.24, 2.45) is 29.6 Å². The van der Waals surface area contributed by atoms with Gasteiger partial charge in [0.2, 0.25) is 59.1 Å². The number of likely N-dealkylation sites (tertiary alicyclic amines) is 1. The lowest BCUT2D eigenvalue weighted by Crippen LogP contribution is -2.63. The molecule has 0 aromatic heterocycles. The van der Waals surface area contributed by atoms with Crippen LogP contribution in [0.4, 0.5) is 0 Å². The molecule has 2 aromatic carbocycles. The highest BCUT2D eigenvalue weighted by Gasteiger charge is 2.44. The van der Waals surface area contributed by atoms with Gasteiger partial charge in [0.25, 0.3) is 0 Å². The van der Waals surface area contributed by atoms with E-state index in [4.69, 9.17) is 16.3 Å². The number of aryl methyl sites for hydroxylation is 1. The highest BCUT2D eigenvalue weighted by Crippen LogP contribution is 2.25. The van der Waals surface area contributed by atoms with Gasteiger partial charge < -0.3 is 75.4 Å². The Labute approximate surface area is 609 Å². The van der Waals surface area contributed by atoms with E-state index in [-0.39, 0.29) is 68.8 Å². The second kappa shape index (κ2) is 42.2.